The number of esters is 1. The zero-order valence-electron chi connectivity index (χ0n) is 16.3. The molecule has 29 heavy (non-hydrogen) atoms. The van der Waals surface area contributed by atoms with Gasteiger partial charge in [-0.1, -0.05) is 43.0 Å². The fraction of sp³-hybridized carbons (Fsp3) is 0.261. The number of nitrogens with zero attached hydrogens (tertiary/aromatic N) is 2. The van der Waals surface area contributed by atoms with Gasteiger partial charge in [-0.05, 0) is 37.5 Å². The molecule has 6 nitrogen and oxygen atoms in total. The molecule has 2 amide bonds. The summed E-state index contributed by atoms with van der Waals surface area (Å²) in [4.78, 5) is 40.6. The summed E-state index contributed by atoms with van der Waals surface area (Å²) in [6.45, 7) is 5.26. The molecule has 1 atom stereocenters. The standard InChI is InChI=1S/C23H22N2O4/c1-15-11-12-17-7-3-6-10-20(17)25(15)21(26)14-29-22(27)13-24-16(2)18-8-4-5-9-19(18)23(24)28/h3-10,15H,2,11-14H2,1H3. The van der Waals surface area contributed by atoms with Crippen LogP contribution in [0.1, 0.15) is 34.8 Å². The molecule has 0 bridgehead atoms. The monoisotopic (exact) mass is 390 g/mol. The van der Waals surface area contributed by atoms with E-state index in [0.29, 0.717) is 16.8 Å². The molecule has 0 spiro atoms. The van der Waals surface area contributed by atoms with E-state index in [0.717, 1.165) is 24.1 Å². The summed E-state index contributed by atoms with van der Waals surface area (Å²) in [5, 5.41) is 0. The highest BCUT2D eigenvalue weighted by atomic mass is 16.5. The highest BCUT2D eigenvalue weighted by molar-refractivity contribution is 6.10. The molecular formula is C23H22N2O4. The van der Waals surface area contributed by atoms with Crippen molar-refractivity contribution >= 4 is 29.2 Å². The van der Waals surface area contributed by atoms with Gasteiger partial charge in [-0.15, -0.1) is 0 Å². The van der Waals surface area contributed by atoms with Crippen LogP contribution in [0, 0.1) is 0 Å². The maximum absolute atomic E-state index is 12.8. The Bertz CT molecular complexity index is 978. The van der Waals surface area contributed by atoms with Crippen LogP contribution in [0.15, 0.2) is 55.1 Å². The fourth-order valence-electron chi connectivity index (χ4n) is 3.96. The predicted octanol–water partition coefficient (Wildman–Crippen LogP) is 3.02. The number of anilines is 1. The predicted molar refractivity (Wildman–Crippen MR) is 109 cm³/mol. The summed E-state index contributed by atoms with van der Waals surface area (Å²) in [6.07, 6.45) is 1.78. The Balaban J connectivity index is 1.39. The van der Waals surface area contributed by atoms with Gasteiger partial charge in [0, 0.05) is 28.6 Å². The highest BCUT2D eigenvalue weighted by Gasteiger charge is 2.33. The molecular weight excluding hydrogens is 368 g/mol. The summed E-state index contributed by atoms with van der Waals surface area (Å²) in [5.74, 6) is -1.20. The first-order valence-corrected chi connectivity index (χ1v) is 9.63. The van der Waals surface area contributed by atoms with Crippen LogP contribution >= 0.6 is 0 Å². The second-order valence-electron chi connectivity index (χ2n) is 7.32. The fourth-order valence-corrected chi connectivity index (χ4v) is 3.96. The first-order valence-electron chi connectivity index (χ1n) is 9.63. The van der Waals surface area contributed by atoms with Crippen molar-refractivity contribution < 1.29 is 19.1 Å². The van der Waals surface area contributed by atoms with Crippen molar-refractivity contribution in [1.29, 1.82) is 0 Å². The zero-order valence-corrected chi connectivity index (χ0v) is 16.3. The molecule has 6 heteroatoms. The number of para-hydroxylation sites is 1. The number of aryl methyl sites for hydroxylation is 1. The molecule has 2 heterocycles. The summed E-state index contributed by atoms with van der Waals surface area (Å²) in [7, 11) is 0. The van der Waals surface area contributed by atoms with E-state index in [1.807, 2.05) is 37.3 Å². The summed E-state index contributed by atoms with van der Waals surface area (Å²) in [5.41, 5.74) is 3.67. The largest absolute Gasteiger partial charge is 0.454 e. The van der Waals surface area contributed by atoms with Crippen LogP contribution in [0.25, 0.3) is 5.70 Å². The summed E-state index contributed by atoms with van der Waals surface area (Å²) < 4.78 is 5.21. The third-order valence-corrected chi connectivity index (χ3v) is 5.48. The van der Waals surface area contributed by atoms with Gasteiger partial charge in [0.1, 0.15) is 6.54 Å². The van der Waals surface area contributed by atoms with Gasteiger partial charge in [0.15, 0.2) is 6.61 Å². The Morgan fingerprint density at radius 1 is 1.10 bits per heavy atom. The Hall–Kier alpha value is -3.41. The lowest BCUT2D eigenvalue weighted by Gasteiger charge is -2.35. The van der Waals surface area contributed by atoms with Crippen LogP contribution in [-0.2, 0) is 20.7 Å². The van der Waals surface area contributed by atoms with E-state index in [2.05, 4.69) is 6.58 Å². The topological polar surface area (TPSA) is 66.9 Å². The van der Waals surface area contributed by atoms with Crippen LogP contribution in [0.5, 0.6) is 0 Å². The number of hydrogen-bond acceptors (Lipinski definition) is 4. The Labute approximate surface area is 169 Å². The molecule has 0 radical (unpaired) electrons. The van der Waals surface area contributed by atoms with E-state index < -0.39 is 5.97 Å². The van der Waals surface area contributed by atoms with Crippen LogP contribution in [-0.4, -0.2) is 41.9 Å². The average molecular weight is 390 g/mol. The first kappa shape index (κ1) is 18.9. The van der Waals surface area contributed by atoms with Crippen molar-refractivity contribution in [2.75, 3.05) is 18.1 Å². The molecule has 4 rings (SSSR count). The van der Waals surface area contributed by atoms with Crippen molar-refractivity contribution in [2.45, 2.75) is 25.8 Å². The smallest absolute Gasteiger partial charge is 0.326 e. The molecule has 2 aliphatic heterocycles. The van der Waals surface area contributed by atoms with Crippen LogP contribution in [0.3, 0.4) is 0 Å². The van der Waals surface area contributed by atoms with Gasteiger partial charge < -0.3 is 9.64 Å². The number of amides is 2. The second kappa shape index (κ2) is 7.54. The number of fused-ring (bicyclic) bond motifs is 2. The Morgan fingerprint density at radius 3 is 2.55 bits per heavy atom. The minimum Gasteiger partial charge on any atom is -0.454 e. The lowest BCUT2D eigenvalue weighted by molar-refractivity contribution is -0.148. The van der Waals surface area contributed by atoms with Crippen molar-refractivity contribution in [3.63, 3.8) is 0 Å². The van der Waals surface area contributed by atoms with Crippen molar-refractivity contribution in [2.24, 2.45) is 0 Å². The molecule has 0 fully saturated rings. The minimum atomic E-state index is -0.640. The van der Waals surface area contributed by atoms with E-state index in [9.17, 15) is 14.4 Å². The van der Waals surface area contributed by atoms with Gasteiger partial charge >= 0.3 is 5.97 Å². The number of benzene rings is 2. The third-order valence-electron chi connectivity index (χ3n) is 5.48. The lowest BCUT2D eigenvalue weighted by Crippen LogP contribution is -2.44. The van der Waals surface area contributed by atoms with E-state index in [1.54, 1.807) is 23.1 Å². The molecule has 0 aromatic heterocycles. The van der Waals surface area contributed by atoms with Crippen molar-refractivity contribution in [1.82, 2.24) is 4.90 Å². The maximum Gasteiger partial charge on any atom is 0.326 e. The summed E-state index contributed by atoms with van der Waals surface area (Å²) in [6, 6.07) is 14.9. The number of hydrogen-bond donors (Lipinski definition) is 0. The van der Waals surface area contributed by atoms with Gasteiger partial charge in [0.05, 0.1) is 0 Å². The van der Waals surface area contributed by atoms with Gasteiger partial charge in [-0.3, -0.25) is 19.3 Å². The van der Waals surface area contributed by atoms with Crippen LogP contribution in [0.2, 0.25) is 0 Å². The number of ether oxygens (including phenoxy) is 1. The molecule has 0 N–H and O–H groups in total. The van der Waals surface area contributed by atoms with E-state index >= 15 is 0 Å². The Morgan fingerprint density at radius 2 is 1.79 bits per heavy atom. The minimum absolute atomic E-state index is 0.0329. The number of carbonyl (C=O) groups excluding carboxylic acids is 3. The van der Waals surface area contributed by atoms with E-state index in [1.165, 1.54) is 4.90 Å². The first-order chi connectivity index (χ1) is 14.0. The lowest BCUT2D eigenvalue weighted by atomic mass is 9.96. The number of rotatable bonds is 4. The van der Waals surface area contributed by atoms with Crippen molar-refractivity contribution in [3.05, 3.63) is 71.8 Å². The highest BCUT2D eigenvalue weighted by Crippen LogP contribution is 2.32. The van der Waals surface area contributed by atoms with Gasteiger partial charge in [0.2, 0.25) is 0 Å². The number of carbonyl (C=O) groups is 3. The second-order valence-corrected chi connectivity index (χ2v) is 7.32. The van der Waals surface area contributed by atoms with Gasteiger partial charge in [-0.2, -0.15) is 0 Å². The molecule has 0 aliphatic carbocycles. The van der Waals surface area contributed by atoms with Crippen molar-refractivity contribution in [3.8, 4) is 0 Å². The molecule has 2 aliphatic rings. The maximum atomic E-state index is 12.8. The molecule has 1 unspecified atom stereocenters. The summed E-state index contributed by atoms with van der Waals surface area (Å²) >= 11 is 0. The van der Waals surface area contributed by atoms with Crippen LogP contribution < -0.4 is 4.90 Å². The molecule has 2 aromatic carbocycles. The quantitative estimate of drug-likeness (QED) is 0.753. The average Bonchev–Trinajstić information content (AvgIpc) is 2.97. The van der Waals surface area contributed by atoms with Crippen LogP contribution in [0.4, 0.5) is 5.69 Å². The molecule has 148 valence electrons. The SMILES string of the molecule is C=C1c2ccccc2C(=O)N1CC(=O)OCC(=O)N1c2ccccc2CCC1C. The molecule has 2 aromatic rings. The molecule has 0 saturated carbocycles. The third kappa shape index (κ3) is 3.42. The Kier molecular flexibility index (Phi) is 4.92. The van der Waals surface area contributed by atoms with E-state index in [4.69, 9.17) is 4.74 Å². The normalized spacial score (nSPS) is 17.8. The van der Waals surface area contributed by atoms with E-state index in [-0.39, 0.29) is 31.0 Å². The molecule has 0 saturated heterocycles. The van der Waals surface area contributed by atoms with Gasteiger partial charge in [-0.25, -0.2) is 0 Å². The van der Waals surface area contributed by atoms with Gasteiger partial charge in [0.25, 0.3) is 11.8 Å². The zero-order chi connectivity index (χ0) is 20.5.